The number of aliphatic hydroxyl groups is 1. The molecule has 0 radical (unpaired) electrons. The third-order valence-corrected chi connectivity index (χ3v) is 5.98. The van der Waals surface area contributed by atoms with E-state index in [1.54, 1.807) is 18.2 Å². The minimum absolute atomic E-state index is 0.273. The highest BCUT2D eigenvalue weighted by Crippen LogP contribution is 2.46. The van der Waals surface area contributed by atoms with E-state index >= 15 is 0 Å². The number of hydrogen-bond acceptors (Lipinski definition) is 1. The quantitative estimate of drug-likeness (QED) is 0.418. The molecule has 1 aromatic carbocycles. The van der Waals surface area contributed by atoms with Gasteiger partial charge in [-0.15, -0.1) is 0 Å². The molecular weight excluding hydrogens is 517 g/mol. The Morgan fingerprint density at radius 2 is 1.75 bits per heavy atom. The van der Waals surface area contributed by atoms with Crippen LogP contribution in [-0.4, -0.2) is 13.3 Å². The van der Waals surface area contributed by atoms with Gasteiger partial charge in [0.05, 0.1) is 0 Å². The van der Waals surface area contributed by atoms with Gasteiger partial charge in [0.15, 0.2) is 0 Å². The van der Waals surface area contributed by atoms with E-state index in [1.165, 1.54) is 0 Å². The van der Waals surface area contributed by atoms with Crippen molar-refractivity contribution in [1.29, 1.82) is 0 Å². The van der Waals surface area contributed by atoms with Gasteiger partial charge in [-0.05, 0) is 49.6 Å². The second-order valence-electron chi connectivity index (χ2n) is 3.12. The van der Waals surface area contributed by atoms with Gasteiger partial charge < -0.3 is 5.11 Å². The van der Waals surface area contributed by atoms with E-state index in [-0.39, 0.29) is 4.43 Å². The molecule has 1 atom stereocenters. The van der Waals surface area contributed by atoms with Crippen LogP contribution in [0, 0.1) is 0 Å². The standard InChI is InChI=1S/C9H6Br2Cl3IO/c10-6-2-1-5(3-7(6)11)8(16,4-15)9(12,13)14/h1-3,16H,4H2. The number of hydrogen-bond donors (Lipinski definition) is 1. The zero-order chi connectivity index (χ0) is 12.6. The molecule has 0 aliphatic carbocycles. The SMILES string of the molecule is OC(CI)(c1ccc(Br)c(Br)c1)C(Cl)(Cl)Cl. The molecular formula is C9H6Br2Cl3IO. The van der Waals surface area contributed by atoms with Crippen LogP contribution in [0.1, 0.15) is 5.56 Å². The highest BCUT2D eigenvalue weighted by atomic mass is 127. The molecule has 0 aromatic heterocycles. The van der Waals surface area contributed by atoms with Gasteiger partial charge in [0.1, 0.15) is 5.60 Å². The Morgan fingerprint density at radius 3 is 2.12 bits per heavy atom. The van der Waals surface area contributed by atoms with Gasteiger partial charge in [0.25, 0.3) is 0 Å². The van der Waals surface area contributed by atoms with Gasteiger partial charge in [-0.1, -0.05) is 63.5 Å². The first-order valence-corrected chi connectivity index (χ1v) is 8.27. The van der Waals surface area contributed by atoms with E-state index in [0.717, 1.165) is 8.95 Å². The van der Waals surface area contributed by atoms with Crippen molar-refractivity contribution in [3.8, 4) is 0 Å². The molecule has 16 heavy (non-hydrogen) atoms. The molecule has 90 valence electrons. The number of rotatable bonds is 2. The smallest absolute Gasteiger partial charge is 0.223 e. The molecule has 7 heteroatoms. The lowest BCUT2D eigenvalue weighted by molar-refractivity contribution is 0.0699. The summed E-state index contributed by atoms with van der Waals surface area (Å²) in [6.45, 7) is 0. The van der Waals surface area contributed by atoms with E-state index in [0.29, 0.717) is 5.56 Å². The maximum atomic E-state index is 10.4. The zero-order valence-electron chi connectivity index (χ0n) is 7.65. The van der Waals surface area contributed by atoms with E-state index in [2.05, 4.69) is 31.9 Å². The predicted molar refractivity (Wildman–Crippen MR) is 84.9 cm³/mol. The Balaban J connectivity index is 3.29. The summed E-state index contributed by atoms with van der Waals surface area (Å²) in [6.07, 6.45) is 0. The summed E-state index contributed by atoms with van der Waals surface area (Å²) in [5.74, 6) is 0. The molecule has 0 amide bonds. The minimum atomic E-state index is -1.78. The van der Waals surface area contributed by atoms with Crippen molar-refractivity contribution >= 4 is 89.3 Å². The molecule has 0 aliphatic heterocycles. The summed E-state index contributed by atoms with van der Waals surface area (Å²) in [7, 11) is 0. The Morgan fingerprint density at radius 1 is 1.19 bits per heavy atom. The molecule has 0 saturated heterocycles. The van der Waals surface area contributed by atoms with Crippen LogP contribution < -0.4 is 0 Å². The lowest BCUT2D eigenvalue weighted by atomic mass is 9.98. The zero-order valence-corrected chi connectivity index (χ0v) is 15.3. The Labute approximate surface area is 139 Å². The first kappa shape index (κ1) is 15.8. The Kier molecular flexibility index (Phi) is 5.73. The number of alkyl halides is 4. The first-order chi connectivity index (χ1) is 7.22. The highest BCUT2D eigenvalue weighted by molar-refractivity contribution is 14.1. The van der Waals surface area contributed by atoms with Crippen LogP contribution in [0.4, 0.5) is 0 Å². The van der Waals surface area contributed by atoms with Crippen molar-refractivity contribution in [2.24, 2.45) is 0 Å². The predicted octanol–water partition coefficient (Wildman–Crippen LogP) is 5.20. The lowest BCUT2D eigenvalue weighted by Crippen LogP contribution is -2.41. The molecule has 1 rings (SSSR count). The molecule has 1 unspecified atom stereocenters. The average Bonchev–Trinajstić information content (AvgIpc) is 2.19. The van der Waals surface area contributed by atoms with Crippen molar-refractivity contribution in [3.05, 3.63) is 32.7 Å². The number of halogens is 6. The molecule has 1 N–H and O–H groups in total. The van der Waals surface area contributed by atoms with E-state index in [4.69, 9.17) is 34.8 Å². The second kappa shape index (κ2) is 5.80. The van der Waals surface area contributed by atoms with Gasteiger partial charge in [0, 0.05) is 13.4 Å². The molecule has 0 aliphatic rings. The summed E-state index contributed by atoms with van der Waals surface area (Å²) >= 11 is 26.1. The van der Waals surface area contributed by atoms with Crippen LogP contribution in [0.25, 0.3) is 0 Å². The topological polar surface area (TPSA) is 20.2 Å². The van der Waals surface area contributed by atoms with Crippen molar-refractivity contribution in [3.63, 3.8) is 0 Å². The molecule has 1 nitrogen and oxygen atoms in total. The largest absolute Gasteiger partial charge is 0.380 e. The van der Waals surface area contributed by atoms with Gasteiger partial charge >= 0.3 is 0 Å². The second-order valence-corrected chi connectivity index (χ2v) is 7.87. The van der Waals surface area contributed by atoms with Crippen molar-refractivity contribution in [2.75, 3.05) is 4.43 Å². The van der Waals surface area contributed by atoms with Crippen molar-refractivity contribution < 1.29 is 5.11 Å². The van der Waals surface area contributed by atoms with Gasteiger partial charge in [-0.3, -0.25) is 0 Å². The summed E-state index contributed by atoms with van der Waals surface area (Å²) in [5.41, 5.74) is -0.960. The van der Waals surface area contributed by atoms with Crippen molar-refractivity contribution in [1.82, 2.24) is 0 Å². The maximum Gasteiger partial charge on any atom is 0.223 e. The monoisotopic (exact) mass is 520 g/mol. The van der Waals surface area contributed by atoms with Crippen LogP contribution >= 0.6 is 89.3 Å². The van der Waals surface area contributed by atoms with Gasteiger partial charge in [-0.25, -0.2) is 0 Å². The third kappa shape index (κ3) is 3.19. The van der Waals surface area contributed by atoms with Gasteiger partial charge in [0.2, 0.25) is 3.79 Å². The highest BCUT2D eigenvalue weighted by Gasteiger charge is 2.47. The molecule has 0 heterocycles. The fourth-order valence-electron chi connectivity index (χ4n) is 1.07. The lowest BCUT2D eigenvalue weighted by Gasteiger charge is -2.33. The third-order valence-electron chi connectivity index (χ3n) is 2.06. The Bertz CT molecular complexity index is 397. The van der Waals surface area contributed by atoms with E-state index in [9.17, 15) is 5.11 Å². The summed E-state index contributed by atoms with van der Waals surface area (Å²) in [6, 6.07) is 5.23. The van der Waals surface area contributed by atoms with Crippen LogP contribution in [0.3, 0.4) is 0 Å². The van der Waals surface area contributed by atoms with Crippen LogP contribution in [0.2, 0.25) is 0 Å². The molecule has 0 saturated carbocycles. The summed E-state index contributed by atoms with van der Waals surface area (Å²) in [5, 5.41) is 10.4. The number of benzene rings is 1. The molecule has 0 fully saturated rings. The van der Waals surface area contributed by atoms with Gasteiger partial charge in [-0.2, -0.15) is 0 Å². The molecule has 0 bridgehead atoms. The molecule has 0 spiro atoms. The van der Waals surface area contributed by atoms with Crippen LogP contribution in [-0.2, 0) is 5.60 Å². The average molecular weight is 523 g/mol. The van der Waals surface area contributed by atoms with E-state index in [1.807, 2.05) is 22.6 Å². The fraction of sp³-hybridized carbons (Fsp3) is 0.333. The maximum absolute atomic E-state index is 10.4. The first-order valence-electron chi connectivity index (χ1n) is 4.03. The summed E-state index contributed by atoms with van der Waals surface area (Å²) < 4.78 is 0.162. The summed E-state index contributed by atoms with van der Waals surface area (Å²) in [4.78, 5) is 0. The van der Waals surface area contributed by atoms with Crippen LogP contribution in [0.5, 0.6) is 0 Å². The minimum Gasteiger partial charge on any atom is -0.380 e. The van der Waals surface area contributed by atoms with E-state index < -0.39 is 9.39 Å². The molecule has 1 aromatic rings. The fourth-order valence-corrected chi connectivity index (χ4v) is 3.91. The van der Waals surface area contributed by atoms with Crippen molar-refractivity contribution in [2.45, 2.75) is 9.39 Å². The normalized spacial score (nSPS) is 15.9. The van der Waals surface area contributed by atoms with Crippen LogP contribution in [0.15, 0.2) is 27.1 Å². The Hall–Kier alpha value is 1.74.